The van der Waals surface area contributed by atoms with Crippen molar-refractivity contribution in [2.75, 3.05) is 23.7 Å². The van der Waals surface area contributed by atoms with Gasteiger partial charge in [0.2, 0.25) is 11.8 Å². The number of nitrogens with one attached hydrogen (secondary N) is 3. The number of fused-ring (bicyclic) bond motifs is 1. The Hall–Kier alpha value is -5.26. The number of aromatic nitrogens is 6. The van der Waals surface area contributed by atoms with Crippen LogP contribution in [0.3, 0.4) is 0 Å². The van der Waals surface area contributed by atoms with Crippen LogP contribution < -0.4 is 15.4 Å². The fourth-order valence-electron chi connectivity index (χ4n) is 4.88. The molecule has 1 aliphatic rings. The second kappa shape index (κ2) is 10.7. The van der Waals surface area contributed by atoms with E-state index in [9.17, 15) is 9.59 Å². The number of benzene rings is 1. The predicted octanol–water partition coefficient (Wildman–Crippen LogP) is 3.73. The summed E-state index contributed by atoms with van der Waals surface area (Å²) in [6, 6.07) is 12.9. The first-order valence-electron chi connectivity index (χ1n) is 13.3. The van der Waals surface area contributed by atoms with Crippen molar-refractivity contribution in [1.82, 2.24) is 34.6 Å². The van der Waals surface area contributed by atoms with Gasteiger partial charge in [-0.2, -0.15) is 5.10 Å². The fraction of sp³-hybridized carbons (Fsp3) is 0.241. The lowest BCUT2D eigenvalue weighted by Gasteiger charge is -2.16. The number of nitrogens with zero attached hydrogens (tertiary/aromatic N) is 6. The number of para-hydroxylation sites is 1. The van der Waals surface area contributed by atoms with Crippen LogP contribution in [0.15, 0.2) is 61.1 Å². The Morgan fingerprint density at radius 1 is 1.12 bits per heavy atom. The van der Waals surface area contributed by atoms with Crippen molar-refractivity contribution in [2.24, 2.45) is 7.05 Å². The van der Waals surface area contributed by atoms with Gasteiger partial charge in [0, 0.05) is 67.4 Å². The Morgan fingerprint density at radius 3 is 2.78 bits per heavy atom. The number of hydrogen-bond donors (Lipinski definition) is 3. The van der Waals surface area contributed by atoms with Gasteiger partial charge in [-0.3, -0.25) is 14.3 Å². The summed E-state index contributed by atoms with van der Waals surface area (Å²) < 4.78 is 7.63. The maximum atomic E-state index is 13.0. The average Bonchev–Trinajstić information content (AvgIpc) is 3.69. The molecule has 5 aromatic rings. The van der Waals surface area contributed by atoms with Gasteiger partial charge in [-0.05, 0) is 31.5 Å². The summed E-state index contributed by atoms with van der Waals surface area (Å²) in [6.07, 6.45) is 5.66. The Kier molecular flexibility index (Phi) is 6.79. The molecule has 1 aliphatic heterocycles. The molecular weight excluding hydrogens is 522 g/mol. The Labute approximate surface area is 235 Å². The molecule has 208 valence electrons. The zero-order valence-corrected chi connectivity index (χ0v) is 22.9. The molecule has 5 heterocycles. The normalized spacial score (nSPS) is 14.8. The number of rotatable bonds is 6. The summed E-state index contributed by atoms with van der Waals surface area (Å²) in [5.41, 5.74) is 4.66. The van der Waals surface area contributed by atoms with E-state index in [0.29, 0.717) is 48.4 Å². The summed E-state index contributed by atoms with van der Waals surface area (Å²) in [6.45, 7) is 4.66. The molecule has 12 heteroatoms. The molecule has 3 N–H and O–H groups in total. The fourth-order valence-corrected chi connectivity index (χ4v) is 4.88. The Bertz CT molecular complexity index is 1730. The van der Waals surface area contributed by atoms with Crippen molar-refractivity contribution in [3.63, 3.8) is 0 Å². The van der Waals surface area contributed by atoms with Gasteiger partial charge in [0.15, 0.2) is 5.82 Å². The number of carbonyl (C=O) groups is 2. The third-order valence-corrected chi connectivity index (χ3v) is 7.10. The maximum absolute atomic E-state index is 13.0. The monoisotopic (exact) mass is 551 g/mol. The molecule has 6 rings (SSSR count). The molecule has 0 saturated carbocycles. The molecule has 0 aliphatic carbocycles. The van der Waals surface area contributed by atoms with Crippen LogP contribution in [-0.2, 0) is 16.6 Å². The first-order chi connectivity index (χ1) is 19.9. The summed E-state index contributed by atoms with van der Waals surface area (Å²) in [7, 11) is 1.87. The zero-order chi connectivity index (χ0) is 28.5. The standard InChI is InChI=1S/C29H29N9O3/c1-17-14-32-29(34-23-13-18(2)37(3)36-23)35-25(17)21-15-31-26-20(21)7-6-8-22(26)33-27(39)28(40)38-12-10-19(16-38)41-24-9-4-5-11-30-24/h4-9,11,13-15,19,31H,10,12,16H2,1-3H3,(H,33,39)(H,32,34,35,36). The van der Waals surface area contributed by atoms with Gasteiger partial charge < -0.3 is 25.3 Å². The van der Waals surface area contributed by atoms with Crippen LogP contribution >= 0.6 is 0 Å². The SMILES string of the molecule is Cc1cnc(Nc2cc(C)n(C)n2)nc1-c1c[nH]c2c(NC(=O)C(=O)N3CCC(Oc4ccccn4)C3)cccc12. The molecule has 1 fully saturated rings. The molecule has 2 amide bonds. The maximum Gasteiger partial charge on any atom is 0.313 e. The number of anilines is 3. The van der Waals surface area contributed by atoms with E-state index in [2.05, 4.69) is 30.7 Å². The van der Waals surface area contributed by atoms with Gasteiger partial charge in [-0.25, -0.2) is 15.0 Å². The van der Waals surface area contributed by atoms with E-state index in [0.717, 1.165) is 27.9 Å². The smallest absolute Gasteiger partial charge is 0.313 e. The lowest BCUT2D eigenvalue weighted by Crippen LogP contribution is -2.39. The van der Waals surface area contributed by atoms with Gasteiger partial charge >= 0.3 is 11.8 Å². The number of hydrogen-bond acceptors (Lipinski definition) is 8. The summed E-state index contributed by atoms with van der Waals surface area (Å²) >= 11 is 0. The minimum absolute atomic E-state index is 0.215. The summed E-state index contributed by atoms with van der Waals surface area (Å²) in [5, 5.41) is 11.2. The number of aryl methyl sites for hydroxylation is 3. The van der Waals surface area contributed by atoms with E-state index >= 15 is 0 Å². The largest absolute Gasteiger partial charge is 0.472 e. The summed E-state index contributed by atoms with van der Waals surface area (Å²) in [5.74, 6) is 0.264. The molecule has 12 nitrogen and oxygen atoms in total. The van der Waals surface area contributed by atoms with E-state index in [4.69, 9.17) is 9.72 Å². The first-order valence-corrected chi connectivity index (χ1v) is 13.3. The van der Waals surface area contributed by atoms with Crippen LogP contribution in [0.2, 0.25) is 0 Å². The second-order valence-electron chi connectivity index (χ2n) is 9.98. The molecular formula is C29H29N9O3. The highest BCUT2D eigenvalue weighted by Crippen LogP contribution is 2.33. The molecule has 0 bridgehead atoms. The van der Waals surface area contributed by atoms with Crippen LogP contribution in [0.5, 0.6) is 5.88 Å². The van der Waals surface area contributed by atoms with Gasteiger partial charge in [0.05, 0.1) is 23.4 Å². The Balaban J connectivity index is 1.18. The van der Waals surface area contributed by atoms with Crippen LogP contribution in [0.25, 0.3) is 22.2 Å². The molecule has 1 atom stereocenters. The third kappa shape index (κ3) is 5.31. The van der Waals surface area contributed by atoms with Crippen molar-refractivity contribution in [3.8, 4) is 17.1 Å². The minimum atomic E-state index is -0.706. The van der Waals surface area contributed by atoms with Gasteiger partial charge in [0.25, 0.3) is 0 Å². The molecule has 1 saturated heterocycles. The second-order valence-corrected chi connectivity index (χ2v) is 9.98. The van der Waals surface area contributed by atoms with Gasteiger partial charge in [-0.1, -0.05) is 18.2 Å². The number of aromatic amines is 1. The molecule has 1 unspecified atom stereocenters. The molecule has 0 radical (unpaired) electrons. The first kappa shape index (κ1) is 26.0. The topological polar surface area (TPSA) is 143 Å². The van der Waals surface area contributed by atoms with Crippen LogP contribution in [0.1, 0.15) is 17.7 Å². The quantitative estimate of drug-likeness (QED) is 0.271. The van der Waals surface area contributed by atoms with Crippen molar-refractivity contribution >= 4 is 40.2 Å². The minimum Gasteiger partial charge on any atom is -0.472 e. The zero-order valence-electron chi connectivity index (χ0n) is 22.9. The highest BCUT2D eigenvalue weighted by atomic mass is 16.5. The molecule has 4 aromatic heterocycles. The van der Waals surface area contributed by atoms with Crippen LogP contribution in [0.4, 0.5) is 17.5 Å². The van der Waals surface area contributed by atoms with E-state index in [1.54, 1.807) is 29.2 Å². The molecule has 1 aromatic carbocycles. The predicted molar refractivity (Wildman–Crippen MR) is 154 cm³/mol. The van der Waals surface area contributed by atoms with Crippen LogP contribution in [-0.4, -0.2) is 65.6 Å². The van der Waals surface area contributed by atoms with E-state index in [1.807, 2.05) is 57.4 Å². The number of ether oxygens (including phenoxy) is 1. The van der Waals surface area contributed by atoms with E-state index in [-0.39, 0.29) is 6.10 Å². The number of carbonyl (C=O) groups excluding carboxylic acids is 2. The van der Waals surface area contributed by atoms with Crippen molar-refractivity contribution in [2.45, 2.75) is 26.4 Å². The lowest BCUT2D eigenvalue weighted by molar-refractivity contribution is -0.142. The van der Waals surface area contributed by atoms with Crippen LogP contribution in [0, 0.1) is 13.8 Å². The van der Waals surface area contributed by atoms with E-state index < -0.39 is 11.8 Å². The highest BCUT2D eigenvalue weighted by molar-refractivity contribution is 6.40. The summed E-state index contributed by atoms with van der Waals surface area (Å²) in [4.78, 5) is 44.0. The van der Waals surface area contributed by atoms with Gasteiger partial charge in [0.1, 0.15) is 6.10 Å². The average molecular weight is 552 g/mol. The molecule has 41 heavy (non-hydrogen) atoms. The Morgan fingerprint density at radius 2 is 2.00 bits per heavy atom. The third-order valence-electron chi connectivity index (χ3n) is 7.10. The van der Waals surface area contributed by atoms with Gasteiger partial charge in [-0.15, -0.1) is 0 Å². The lowest BCUT2D eigenvalue weighted by atomic mass is 10.1. The van der Waals surface area contributed by atoms with E-state index in [1.165, 1.54) is 4.90 Å². The number of H-pyrrole nitrogens is 1. The number of likely N-dealkylation sites (tertiary alicyclic amines) is 1. The van der Waals surface area contributed by atoms with Crippen molar-refractivity contribution in [3.05, 3.63) is 72.3 Å². The number of pyridine rings is 1. The highest BCUT2D eigenvalue weighted by Gasteiger charge is 2.31. The van der Waals surface area contributed by atoms with Crippen molar-refractivity contribution < 1.29 is 14.3 Å². The van der Waals surface area contributed by atoms with Crippen molar-refractivity contribution in [1.29, 1.82) is 0 Å². The molecule has 0 spiro atoms. The number of amides is 2.